The number of carboxylic acids is 1. The molecule has 1 N–H and O–H groups in total. The van der Waals surface area contributed by atoms with Crippen molar-refractivity contribution >= 4 is 46.8 Å². The number of aliphatic carboxylic acids is 1. The molecule has 1 aliphatic rings. The minimum absolute atomic E-state index is 0.170. The average molecular weight is 320 g/mol. The molecule has 0 spiro atoms. The quantitative estimate of drug-likeness (QED) is 0.910. The van der Waals surface area contributed by atoms with Gasteiger partial charge in [0, 0.05) is 18.1 Å². The van der Waals surface area contributed by atoms with Crippen LogP contribution in [0.3, 0.4) is 0 Å². The average Bonchev–Trinajstić information content (AvgIpc) is 2.38. The highest BCUT2D eigenvalue weighted by Crippen LogP contribution is 2.28. The number of carbonyl (C=O) groups excluding carboxylic acids is 1. The lowest BCUT2D eigenvalue weighted by atomic mass is 10.1. The summed E-state index contributed by atoms with van der Waals surface area (Å²) in [4.78, 5) is 25.0. The zero-order valence-electron chi connectivity index (χ0n) is 9.81. The Balaban J connectivity index is 2.34. The van der Waals surface area contributed by atoms with Crippen LogP contribution in [0, 0.1) is 0 Å². The second kappa shape index (κ2) is 6.03. The SMILES string of the molecule is O=C(O)C1CSCCN1C(=O)c1c(Cl)cccc1Cl. The maximum Gasteiger partial charge on any atom is 0.327 e. The zero-order valence-corrected chi connectivity index (χ0v) is 12.1. The normalized spacial score (nSPS) is 19.3. The first-order chi connectivity index (χ1) is 9.02. The molecule has 7 heteroatoms. The highest BCUT2D eigenvalue weighted by Gasteiger charge is 2.34. The van der Waals surface area contributed by atoms with Gasteiger partial charge in [-0.3, -0.25) is 4.79 Å². The molecule has 0 aliphatic carbocycles. The summed E-state index contributed by atoms with van der Waals surface area (Å²) in [7, 11) is 0. The molecule has 1 fully saturated rings. The topological polar surface area (TPSA) is 57.6 Å². The van der Waals surface area contributed by atoms with E-state index < -0.39 is 17.9 Å². The summed E-state index contributed by atoms with van der Waals surface area (Å²) in [6.45, 7) is 0.377. The van der Waals surface area contributed by atoms with Crippen LogP contribution in [0.1, 0.15) is 10.4 Å². The van der Waals surface area contributed by atoms with E-state index >= 15 is 0 Å². The molecular weight excluding hydrogens is 309 g/mol. The van der Waals surface area contributed by atoms with E-state index in [2.05, 4.69) is 0 Å². The summed E-state index contributed by atoms with van der Waals surface area (Å²) in [5.41, 5.74) is 0.170. The molecule has 1 amide bonds. The molecule has 1 heterocycles. The monoisotopic (exact) mass is 319 g/mol. The van der Waals surface area contributed by atoms with Crippen molar-refractivity contribution in [1.82, 2.24) is 4.90 Å². The van der Waals surface area contributed by atoms with Crippen molar-refractivity contribution in [2.45, 2.75) is 6.04 Å². The lowest BCUT2D eigenvalue weighted by molar-refractivity contribution is -0.141. The highest BCUT2D eigenvalue weighted by molar-refractivity contribution is 7.99. The molecule has 19 heavy (non-hydrogen) atoms. The van der Waals surface area contributed by atoms with Crippen LogP contribution in [0.2, 0.25) is 10.0 Å². The van der Waals surface area contributed by atoms with Crippen LogP contribution in [0.5, 0.6) is 0 Å². The molecular formula is C12H11Cl2NO3S. The number of hydrogen-bond donors (Lipinski definition) is 1. The fourth-order valence-corrected chi connectivity index (χ4v) is 3.49. The van der Waals surface area contributed by atoms with E-state index in [0.29, 0.717) is 18.1 Å². The first-order valence-corrected chi connectivity index (χ1v) is 7.49. The van der Waals surface area contributed by atoms with Crippen molar-refractivity contribution in [2.24, 2.45) is 0 Å². The second-order valence-electron chi connectivity index (χ2n) is 4.02. The number of carboxylic acid groups (broad SMARTS) is 1. The van der Waals surface area contributed by atoms with Gasteiger partial charge < -0.3 is 10.0 Å². The molecule has 4 nitrogen and oxygen atoms in total. The Morgan fingerprint density at radius 1 is 1.32 bits per heavy atom. The molecule has 2 rings (SSSR count). The van der Waals surface area contributed by atoms with Crippen molar-refractivity contribution < 1.29 is 14.7 Å². The van der Waals surface area contributed by atoms with Crippen LogP contribution in [-0.2, 0) is 4.79 Å². The van der Waals surface area contributed by atoms with Crippen LogP contribution in [0.4, 0.5) is 0 Å². The number of benzene rings is 1. The summed E-state index contributed by atoms with van der Waals surface area (Å²) >= 11 is 13.5. The molecule has 0 aromatic heterocycles. The molecule has 0 radical (unpaired) electrons. The third-order valence-corrected chi connectivity index (χ3v) is 4.50. The predicted octanol–water partition coefficient (Wildman–Crippen LogP) is 2.64. The molecule has 102 valence electrons. The number of halogens is 2. The zero-order chi connectivity index (χ0) is 14.0. The molecule has 1 aromatic rings. The minimum atomic E-state index is -1.01. The van der Waals surface area contributed by atoms with Crippen molar-refractivity contribution in [1.29, 1.82) is 0 Å². The van der Waals surface area contributed by atoms with Crippen LogP contribution in [0.25, 0.3) is 0 Å². The molecule has 1 aromatic carbocycles. The minimum Gasteiger partial charge on any atom is -0.480 e. The van der Waals surface area contributed by atoms with E-state index in [1.807, 2.05) is 0 Å². The van der Waals surface area contributed by atoms with Gasteiger partial charge in [0.05, 0.1) is 15.6 Å². The van der Waals surface area contributed by atoms with Gasteiger partial charge >= 0.3 is 5.97 Å². The number of thioether (sulfide) groups is 1. The van der Waals surface area contributed by atoms with Gasteiger partial charge in [-0.1, -0.05) is 29.3 Å². The molecule has 1 atom stereocenters. The largest absolute Gasteiger partial charge is 0.480 e. The van der Waals surface area contributed by atoms with Crippen LogP contribution >= 0.6 is 35.0 Å². The van der Waals surface area contributed by atoms with Gasteiger partial charge in [-0.05, 0) is 12.1 Å². The molecule has 1 saturated heterocycles. The van der Waals surface area contributed by atoms with Crippen molar-refractivity contribution in [3.05, 3.63) is 33.8 Å². The number of carbonyl (C=O) groups is 2. The van der Waals surface area contributed by atoms with E-state index in [1.165, 1.54) is 16.7 Å². The van der Waals surface area contributed by atoms with Gasteiger partial charge in [-0.25, -0.2) is 4.79 Å². The van der Waals surface area contributed by atoms with Crippen LogP contribution < -0.4 is 0 Å². The Bertz CT molecular complexity index is 503. The van der Waals surface area contributed by atoms with Gasteiger partial charge in [-0.15, -0.1) is 0 Å². The Morgan fingerprint density at radius 3 is 2.53 bits per heavy atom. The predicted molar refractivity (Wildman–Crippen MR) is 76.2 cm³/mol. The maximum absolute atomic E-state index is 12.4. The number of hydrogen-bond acceptors (Lipinski definition) is 3. The first kappa shape index (κ1) is 14.5. The maximum atomic E-state index is 12.4. The van der Waals surface area contributed by atoms with Gasteiger partial charge in [-0.2, -0.15) is 11.8 Å². The summed E-state index contributed by atoms with van der Waals surface area (Å²) in [6, 6.07) is 3.94. The van der Waals surface area contributed by atoms with E-state index in [4.69, 9.17) is 28.3 Å². The van der Waals surface area contributed by atoms with Crippen molar-refractivity contribution in [3.8, 4) is 0 Å². The van der Waals surface area contributed by atoms with Crippen molar-refractivity contribution in [3.63, 3.8) is 0 Å². The number of amides is 1. The Kier molecular flexibility index (Phi) is 4.60. The lowest BCUT2D eigenvalue weighted by Gasteiger charge is -2.33. The molecule has 1 unspecified atom stereocenters. The summed E-state index contributed by atoms with van der Waals surface area (Å²) in [5, 5.41) is 9.64. The van der Waals surface area contributed by atoms with Crippen LogP contribution in [0.15, 0.2) is 18.2 Å². The fourth-order valence-electron chi connectivity index (χ4n) is 1.90. The van der Waals surface area contributed by atoms with Crippen molar-refractivity contribution in [2.75, 3.05) is 18.1 Å². The summed E-state index contributed by atoms with van der Waals surface area (Å²) in [6.07, 6.45) is 0. The smallest absolute Gasteiger partial charge is 0.327 e. The van der Waals surface area contributed by atoms with Gasteiger partial charge in [0.25, 0.3) is 5.91 Å². The summed E-state index contributed by atoms with van der Waals surface area (Å²) in [5.74, 6) is -0.354. The molecule has 0 saturated carbocycles. The van der Waals surface area contributed by atoms with Crippen LogP contribution in [-0.4, -0.2) is 46.0 Å². The first-order valence-electron chi connectivity index (χ1n) is 5.58. The Hall–Kier alpha value is -0.910. The molecule has 0 bridgehead atoms. The Labute approximate surface area is 124 Å². The van der Waals surface area contributed by atoms with E-state index in [0.717, 1.165) is 0 Å². The summed E-state index contributed by atoms with van der Waals surface area (Å²) < 4.78 is 0. The highest BCUT2D eigenvalue weighted by atomic mass is 35.5. The van der Waals surface area contributed by atoms with E-state index in [1.54, 1.807) is 18.2 Å². The third kappa shape index (κ3) is 2.99. The van der Waals surface area contributed by atoms with E-state index in [-0.39, 0.29) is 15.6 Å². The van der Waals surface area contributed by atoms with Gasteiger partial charge in [0.2, 0.25) is 0 Å². The van der Waals surface area contributed by atoms with E-state index in [9.17, 15) is 9.59 Å². The number of rotatable bonds is 2. The standard InChI is InChI=1S/C12H11Cl2NO3S/c13-7-2-1-3-8(14)10(7)11(16)15-4-5-19-6-9(15)12(17)18/h1-3,9H,4-6H2,(H,17,18). The molecule has 1 aliphatic heterocycles. The van der Waals surface area contributed by atoms with Gasteiger partial charge in [0.15, 0.2) is 0 Å². The second-order valence-corrected chi connectivity index (χ2v) is 5.99. The number of nitrogens with zero attached hydrogens (tertiary/aromatic N) is 1. The van der Waals surface area contributed by atoms with Gasteiger partial charge in [0.1, 0.15) is 6.04 Å². The third-order valence-electron chi connectivity index (χ3n) is 2.85. The lowest BCUT2D eigenvalue weighted by Crippen LogP contribution is -2.50. The Morgan fingerprint density at radius 2 is 1.95 bits per heavy atom. The fraction of sp³-hybridized carbons (Fsp3) is 0.333.